The number of rotatable bonds is 78. The van der Waals surface area contributed by atoms with Gasteiger partial charge < -0.3 is 34.2 Å². The van der Waals surface area contributed by atoms with E-state index in [-0.39, 0.29) is 19.3 Å². The van der Waals surface area contributed by atoms with E-state index in [1.807, 2.05) is 0 Å². The van der Waals surface area contributed by atoms with Crippen molar-refractivity contribution in [3.8, 4) is 0 Å². The second kappa shape index (κ2) is 79.2. The molecule has 0 aromatic heterocycles. The quantitative estimate of drug-likeness (QED) is 0.0146. The highest BCUT2D eigenvalue weighted by Gasteiger charge is 2.29. The molecule has 0 saturated carbocycles. The van der Waals surface area contributed by atoms with Gasteiger partial charge in [-0.05, 0) is 141 Å². The minimum Gasteiger partial charge on any atom is -0.463 e. The van der Waals surface area contributed by atoms with Gasteiger partial charge in [-0.1, -0.05) is 315 Å². The highest BCUT2D eigenvalue weighted by Crippen LogP contribution is 2.45. The Balaban J connectivity index is 4.55. The predicted molar refractivity (Wildman–Crippen MR) is 436 cm³/mol. The lowest BCUT2D eigenvalue weighted by Crippen LogP contribution is -2.30. The summed E-state index contributed by atoms with van der Waals surface area (Å²) < 4.78 is 61.2. The molecular weight excluding hydrogens is 1360 g/mol. The Morgan fingerprint density at radius 2 is 0.505 bits per heavy atom. The Kier molecular flexibility index (Phi) is 76.0. The molecule has 18 heteroatoms. The van der Waals surface area contributed by atoms with Crippen LogP contribution in [0.4, 0.5) is 0 Å². The van der Waals surface area contributed by atoms with E-state index >= 15 is 0 Å². The van der Waals surface area contributed by atoms with E-state index in [9.17, 15) is 43.5 Å². The maximum atomic E-state index is 13.0. The third-order valence-electron chi connectivity index (χ3n) is 17.3. The summed E-state index contributed by atoms with van der Waals surface area (Å²) in [7, 11) is -9.80. The maximum absolute atomic E-state index is 13.0. The van der Waals surface area contributed by atoms with Crippen molar-refractivity contribution >= 4 is 33.6 Å². The first-order chi connectivity index (χ1) is 51.2. The number of allylic oxidation sites excluding steroid dienone is 22. The van der Waals surface area contributed by atoms with Crippen LogP contribution in [-0.4, -0.2) is 95.9 Å². The van der Waals surface area contributed by atoms with Crippen LogP contribution < -0.4 is 0 Å². The lowest BCUT2D eigenvalue weighted by atomic mass is 10.1. The molecule has 0 aromatic rings. The summed E-state index contributed by atoms with van der Waals surface area (Å²) in [6.07, 6.45) is 96.3. The second-order valence-electron chi connectivity index (χ2n) is 27.5. The first-order valence-electron chi connectivity index (χ1n) is 41.5. The normalized spacial score (nSPS) is 14.6. The molecule has 0 aliphatic rings. The first kappa shape index (κ1) is 101. The van der Waals surface area contributed by atoms with Gasteiger partial charge in [-0.15, -0.1) is 0 Å². The average molecular weight is 1510 g/mol. The first-order valence-corrected chi connectivity index (χ1v) is 44.5. The number of ether oxygens (including phenoxy) is 3. The van der Waals surface area contributed by atoms with Crippen molar-refractivity contribution in [2.24, 2.45) is 0 Å². The third kappa shape index (κ3) is 80.5. The van der Waals surface area contributed by atoms with Gasteiger partial charge in [-0.25, -0.2) is 9.13 Å². The summed E-state index contributed by atoms with van der Waals surface area (Å²) in [5.74, 6) is -1.59. The fourth-order valence-electron chi connectivity index (χ4n) is 11.0. The maximum Gasteiger partial charge on any atom is 0.472 e. The SMILES string of the molecule is CC/C=C\C/C=C\C/C=C\C/C=C\C/C=C\C/C=C\CCCCCCCCCCCCC(=O)OCC(O)COP(=O)(O)OCC(O)COP(=O)(O)OCC(COC(=O)CCCCCCCCCCC/C=C\C/C=C\C/C=C\C/C=C\CCCCC)OC(=O)CCCCCCC/C=C\CCCCCCCC. The number of hydrogen-bond acceptors (Lipinski definition) is 14. The van der Waals surface area contributed by atoms with E-state index in [4.69, 9.17) is 32.3 Å². The van der Waals surface area contributed by atoms with E-state index < -0.39 is 91.5 Å². The Morgan fingerprint density at radius 1 is 0.276 bits per heavy atom. The van der Waals surface area contributed by atoms with E-state index in [2.05, 4.69) is 154 Å². The summed E-state index contributed by atoms with van der Waals surface area (Å²) in [4.78, 5) is 58.7. The molecule has 0 aliphatic heterocycles. The van der Waals surface area contributed by atoms with Crippen LogP contribution in [0.2, 0.25) is 0 Å². The summed E-state index contributed by atoms with van der Waals surface area (Å²) in [5, 5.41) is 20.7. The molecule has 0 aliphatic carbocycles. The zero-order valence-corrected chi connectivity index (χ0v) is 67.9. The Labute approximate surface area is 639 Å². The second-order valence-corrected chi connectivity index (χ2v) is 30.4. The molecule has 0 fully saturated rings. The molecular formula is C87H150O16P2. The van der Waals surface area contributed by atoms with Crippen molar-refractivity contribution in [2.45, 2.75) is 360 Å². The average Bonchev–Trinajstić information content (AvgIpc) is 0.913. The molecule has 16 nitrogen and oxygen atoms in total. The van der Waals surface area contributed by atoms with Crippen LogP contribution in [0, 0.1) is 0 Å². The summed E-state index contributed by atoms with van der Waals surface area (Å²) in [5.41, 5.74) is 0. The fraction of sp³-hybridized carbons (Fsp3) is 0.713. The molecule has 0 radical (unpaired) electrons. The van der Waals surface area contributed by atoms with Crippen LogP contribution in [0.1, 0.15) is 342 Å². The Bertz CT molecular complexity index is 2440. The number of carbonyl (C=O) groups is 3. The van der Waals surface area contributed by atoms with Gasteiger partial charge in [-0.2, -0.15) is 0 Å². The van der Waals surface area contributed by atoms with Crippen LogP contribution in [0.15, 0.2) is 134 Å². The number of hydrogen-bond donors (Lipinski definition) is 4. The van der Waals surface area contributed by atoms with Crippen LogP contribution in [0.25, 0.3) is 0 Å². The molecule has 0 rings (SSSR count). The highest BCUT2D eigenvalue weighted by atomic mass is 31.2. The largest absolute Gasteiger partial charge is 0.472 e. The fourth-order valence-corrected chi connectivity index (χ4v) is 12.6. The van der Waals surface area contributed by atoms with Gasteiger partial charge in [-0.3, -0.25) is 32.5 Å². The van der Waals surface area contributed by atoms with Crippen molar-refractivity contribution < 1.29 is 75.8 Å². The van der Waals surface area contributed by atoms with E-state index in [1.165, 1.54) is 122 Å². The van der Waals surface area contributed by atoms with Crippen LogP contribution in [0.5, 0.6) is 0 Å². The zero-order valence-electron chi connectivity index (χ0n) is 66.1. The van der Waals surface area contributed by atoms with Gasteiger partial charge in [0.15, 0.2) is 6.10 Å². The number of carbonyl (C=O) groups excluding carboxylic acids is 3. The smallest absolute Gasteiger partial charge is 0.463 e. The van der Waals surface area contributed by atoms with Gasteiger partial charge in [0.05, 0.1) is 26.4 Å². The van der Waals surface area contributed by atoms with Gasteiger partial charge in [0.1, 0.15) is 25.4 Å². The zero-order chi connectivity index (χ0) is 76.6. The Hall–Kier alpha value is -4.31. The summed E-state index contributed by atoms with van der Waals surface area (Å²) in [6.45, 7) is 2.54. The number of aliphatic hydroxyl groups excluding tert-OH is 2. The van der Waals surface area contributed by atoms with Crippen molar-refractivity contribution in [2.75, 3.05) is 39.6 Å². The molecule has 0 aromatic carbocycles. The van der Waals surface area contributed by atoms with Crippen molar-refractivity contribution in [3.63, 3.8) is 0 Å². The lowest BCUT2D eigenvalue weighted by Gasteiger charge is -2.21. The molecule has 604 valence electrons. The minimum atomic E-state index is -4.94. The van der Waals surface area contributed by atoms with Crippen molar-refractivity contribution in [1.29, 1.82) is 0 Å². The molecule has 4 N–H and O–H groups in total. The third-order valence-corrected chi connectivity index (χ3v) is 19.2. The summed E-state index contributed by atoms with van der Waals surface area (Å²) >= 11 is 0. The van der Waals surface area contributed by atoms with Crippen molar-refractivity contribution in [3.05, 3.63) is 134 Å². The minimum absolute atomic E-state index is 0.0921. The molecule has 0 bridgehead atoms. The molecule has 5 atom stereocenters. The van der Waals surface area contributed by atoms with Crippen LogP contribution in [-0.2, 0) is 55.8 Å². The monoisotopic (exact) mass is 1510 g/mol. The molecule has 5 unspecified atom stereocenters. The van der Waals surface area contributed by atoms with Gasteiger partial charge in [0.2, 0.25) is 0 Å². The van der Waals surface area contributed by atoms with Gasteiger partial charge in [0.25, 0.3) is 0 Å². The highest BCUT2D eigenvalue weighted by molar-refractivity contribution is 7.47. The van der Waals surface area contributed by atoms with E-state index in [0.717, 1.165) is 161 Å². The topological polar surface area (TPSA) is 231 Å². The molecule has 0 amide bonds. The number of esters is 3. The molecule has 0 saturated heterocycles. The number of phosphoric ester groups is 2. The predicted octanol–water partition coefficient (Wildman–Crippen LogP) is 24.7. The Morgan fingerprint density at radius 3 is 0.829 bits per heavy atom. The van der Waals surface area contributed by atoms with Gasteiger partial charge in [0, 0.05) is 19.3 Å². The van der Waals surface area contributed by atoms with Crippen LogP contribution in [0.3, 0.4) is 0 Å². The van der Waals surface area contributed by atoms with Crippen molar-refractivity contribution in [1.82, 2.24) is 0 Å². The molecule has 0 spiro atoms. The van der Waals surface area contributed by atoms with Gasteiger partial charge >= 0.3 is 33.6 Å². The number of phosphoric acid groups is 2. The standard InChI is InChI=1S/C87H150O16P2/c1-4-7-10-13-16-19-22-25-28-30-32-34-36-38-39-40-41-43-45-46-48-50-53-55-58-61-64-67-70-73-85(90)97-76-82(88)77-99-104(93,94)100-78-83(89)79-101-105(95,96)102-81-84(103-87(92)75-72-69-66-63-60-57-52-27-24-21-18-15-12-9-6-3)80-98-86(91)74-71-68-65-62-59-56-54-51-49-47-44-42-37-35-33-31-29-26-23-20-17-14-11-8-5-2/h7,10,16-17,19-20,25-29,32-35,38-39,41-44,52,82-84,88-89H,4-6,8-9,11-15,18,21-24,30-31,36-37,40,45-51,53-81H2,1-3H3,(H,93,94)(H,95,96)/b10-7-,19-16-,20-17-,28-25-,29-26-,34-32-,35-33-,39-38-,43-41-,44-42-,52-27-. The van der Waals surface area contributed by atoms with E-state index in [0.29, 0.717) is 19.3 Å². The van der Waals surface area contributed by atoms with E-state index in [1.54, 1.807) is 0 Å². The molecule has 0 heterocycles. The lowest BCUT2D eigenvalue weighted by molar-refractivity contribution is -0.161. The van der Waals surface area contributed by atoms with Crippen LogP contribution >= 0.6 is 15.6 Å². The number of unbranched alkanes of at least 4 members (excludes halogenated alkanes) is 33. The summed E-state index contributed by atoms with van der Waals surface area (Å²) in [6, 6.07) is 0. The number of aliphatic hydroxyl groups is 2. The molecule has 105 heavy (non-hydrogen) atoms.